The Labute approximate surface area is 213 Å². The molecule has 186 valence electrons. The Morgan fingerprint density at radius 2 is 1.89 bits per heavy atom. The number of benzene rings is 2. The van der Waals surface area contributed by atoms with E-state index in [1.165, 1.54) is 6.92 Å². The molecule has 0 amide bonds. The van der Waals surface area contributed by atoms with Crippen molar-refractivity contribution in [1.29, 1.82) is 0 Å². The maximum atomic E-state index is 14.9. The molecule has 1 atom stereocenters. The van der Waals surface area contributed by atoms with E-state index in [9.17, 15) is 9.50 Å². The Hall–Kier alpha value is -2.92. The van der Waals surface area contributed by atoms with Crippen LogP contribution >= 0.6 is 11.8 Å². The minimum Gasteiger partial charge on any atom is -0.508 e. The molecule has 0 radical (unpaired) electrons. The number of hydrogen-bond donors (Lipinski definition) is 1. The average Bonchev–Trinajstić information content (AvgIpc) is 2.84. The summed E-state index contributed by atoms with van der Waals surface area (Å²) in [5.41, 5.74) is 4.29. The summed E-state index contributed by atoms with van der Waals surface area (Å²) < 4.78 is 26.5. The van der Waals surface area contributed by atoms with E-state index in [2.05, 4.69) is 20.4 Å². The van der Waals surface area contributed by atoms with Crippen molar-refractivity contribution in [2.75, 3.05) is 12.4 Å². The van der Waals surface area contributed by atoms with Gasteiger partial charge in [0.25, 0.3) is 0 Å². The topological polar surface area (TPSA) is 38.7 Å². The fourth-order valence-corrected chi connectivity index (χ4v) is 5.29. The first-order chi connectivity index (χ1) is 16.9. The number of hydrogen-bond acceptors (Lipinski definition) is 4. The highest BCUT2D eigenvalue weighted by Crippen LogP contribution is 2.45. The molecule has 0 aromatic heterocycles. The number of thioether (sulfide) groups is 1. The van der Waals surface area contributed by atoms with Crippen LogP contribution in [0.4, 0.5) is 4.39 Å². The zero-order chi connectivity index (χ0) is 25.4. The van der Waals surface area contributed by atoms with Crippen LogP contribution in [0, 0.1) is 0 Å². The molecule has 2 aromatic rings. The Bertz CT molecular complexity index is 1120. The molecule has 3 rings (SSSR count). The summed E-state index contributed by atoms with van der Waals surface area (Å²) in [6.07, 6.45) is 6.70. The van der Waals surface area contributed by atoms with Crippen molar-refractivity contribution in [3.8, 4) is 11.5 Å². The second-order valence-electron chi connectivity index (χ2n) is 8.46. The largest absolute Gasteiger partial charge is 0.508 e. The molecule has 2 aromatic carbocycles. The lowest BCUT2D eigenvalue weighted by Crippen LogP contribution is -2.14. The Morgan fingerprint density at radius 3 is 2.51 bits per heavy atom. The lowest BCUT2D eigenvalue weighted by Gasteiger charge is -2.25. The quantitative estimate of drug-likeness (QED) is 0.251. The van der Waals surface area contributed by atoms with Gasteiger partial charge in [0.1, 0.15) is 23.1 Å². The Morgan fingerprint density at radius 1 is 1.14 bits per heavy atom. The fraction of sp³-hybridized carbons (Fsp3) is 0.333. The van der Waals surface area contributed by atoms with Crippen LogP contribution < -0.4 is 4.74 Å². The molecule has 35 heavy (non-hydrogen) atoms. The molecule has 1 N–H and O–H groups in total. The highest BCUT2D eigenvalue weighted by molar-refractivity contribution is 7.99. The van der Waals surface area contributed by atoms with Crippen molar-refractivity contribution in [3.05, 3.63) is 95.1 Å². The van der Waals surface area contributed by atoms with Gasteiger partial charge in [-0.25, -0.2) is 4.39 Å². The van der Waals surface area contributed by atoms with Gasteiger partial charge in [-0.05, 0) is 91.4 Å². The van der Waals surface area contributed by atoms with Crippen LogP contribution in [0.15, 0.2) is 88.8 Å². The molecule has 1 aliphatic rings. The summed E-state index contributed by atoms with van der Waals surface area (Å²) in [5, 5.41) is 10.0. The molecular formula is C30H35FO3S. The van der Waals surface area contributed by atoms with Crippen LogP contribution in [0.2, 0.25) is 0 Å². The van der Waals surface area contributed by atoms with Crippen LogP contribution in [0.5, 0.6) is 11.5 Å². The van der Waals surface area contributed by atoms with E-state index < -0.39 is 0 Å². The predicted octanol–water partition coefficient (Wildman–Crippen LogP) is 8.61. The molecule has 0 bridgehead atoms. The van der Waals surface area contributed by atoms with Crippen LogP contribution in [0.3, 0.4) is 0 Å². The Balaban J connectivity index is 2.09. The molecule has 1 unspecified atom stereocenters. The minimum absolute atomic E-state index is 0.197. The number of fused-ring (bicyclic) bond motifs is 1. The van der Waals surface area contributed by atoms with Crippen molar-refractivity contribution in [1.82, 2.24) is 0 Å². The van der Waals surface area contributed by atoms with E-state index in [4.69, 9.17) is 9.47 Å². The van der Waals surface area contributed by atoms with Gasteiger partial charge in [0.2, 0.25) is 0 Å². The summed E-state index contributed by atoms with van der Waals surface area (Å²) >= 11 is 1.59. The third-order valence-electron chi connectivity index (χ3n) is 5.88. The third-order valence-corrected chi connectivity index (χ3v) is 6.96. The van der Waals surface area contributed by atoms with E-state index in [-0.39, 0.29) is 17.7 Å². The number of ether oxygens (including phenoxy) is 2. The number of rotatable bonds is 11. The number of halogens is 1. The van der Waals surface area contributed by atoms with Gasteiger partial charge in [-0.3, -0.25) is 0 Å². The van der Waals surface area contributed by atoms with Gasteiger partial charge in [0.05, 0.1) is 12.7 Å². The van der Waals surface area contributed by atoms with Gasteiger partial charge in [-0.2, -0.15) is 0 Å². The summed E-state index contributed by atoms with van der Waals surface area (Å²) in [4.78, 5) is 0.969. The summed E-state index contributed by atoms with van der Waals surface area (Å²) in [5.74, 6) is 1.83. The molecule has 5 heteroatoms. The van der Waals surface area contributed by atoms with E-state index >= 15 is 0 Å². The van der Waals surface area contributed by atoms with Crippen LogP contribution in [-0.2, 0) is 4.74 Å². The second-order valence-corrected chi connectivity index (χ2v) is 9.48. The first-order valence-corrected chi connectivity index (χ1v) is 13.2. The number of aromatic hydroxyl groups is 1. The van der Waals surface area contributed by atoms with E-state index in [1.54, 1.807) is 36.0 Å². The summed E-state index contributed by atoms with van der Waals surface area (Å²) in [6.45, 7) is 12.0. The zero-order valence-electron chi connectivity index (χ0n) is 21.1. The SMILES string of the molecule is C=C(/C=C\C(=C(C)F)C1=C(c2ccc(OC(CC)CCC)cc2)c2ccc(O)cc2SC1)OCC. The lowest BCUT2D eigenvalue weighted by atomic mass is 9.89. The highest BCUT2D eigenvalue weighted by Gasteiger charge is 2.24. The number of phenols is 1. The molecule has 0 aliphatic carbocycles. The second kappa shape index (κ2) is 12.7. The molecule has 0 saturated carbocycles. The molecule has 3 nitrogen and oxygen atoms in total. The monoisotopic (exact) mass is 494 g/mol. The maximum absolute atomic E-state index is 14.9. The van der Waals surface area contributed by atoms with Gasteiger partial charge in [0.15, 0.2) is 0 Å². The van der Waals surface area contributed by atoms with Crippen LogP contribution in [0.25, 0.3) is 5.57 Å². The molecule has 1 aliphatic heterocycles. The van der Waals surface area contributed by atoms with E-state index in [0.29, 0.717) is 23.7 Å². The number of allylic oxidation sites excluding steroid dienone is 4. The Kier molecular flexibility index (Phi) is 9.67. The maximum Gasteiger partial charge on any atom is 0.119 e. The van der Waals surface area contributed by atoms with Gasteiger partial charge < -0.3 is 14.6 Å². The standard InChI is InChI=1S/C30H35FO3S/c1-6-9-24(7-2)34-25-14-11-22(12-15-25)30-27-17-13-23(32)18-29(27)35-19-28(30)26(21(5)31)16-10-20(4)33-8-3/h10-18,24,32H,4,6-9,19H2,1-3,5H3/b16-10-,26-21?. The first-order valence-electron chi connectivity index (χ1n) is 12.2. The molecule has 1 heterocycles. The molecular weight excluding hydrogens is 459 g/mol. The fourth-order valence-electron chi connectivity index (χ4n) is 4.16. The zero-order valence-corrected chi connectivity index (χ0v) is 21.9. The first kappa shape index (κ1) is 26.7. The molecule has 0 fully saturated rings. The van der Waals surface area contributed by atoms with Crippen LogP contribution in [-0.4, -0.2) is 23.6 Å². The van der Waals surface area contributed by atoms with Crippen LogP contribution in [0.1, 0.15) is 58.1 Å². The minimum atomic E-state index is -0.272. The van der Waals surface area contributed by atoms with Gasteiger partial charge in [0, 0.05) is 16.2 Å². The number of phenolic OH excluding ortho intramolecular Hbond substituents is 1. The summed E-state index contributed by atoms with van der Waals surface area (Å²) in [6, 6.07) is 13.4. The third kappa shape index (κ3) is 6.82. The van der Waals surface area contributed by atoms with Crippen molar-refractivity contribution in [3.63, 3.8) is 0 Å². The lowest BCUT2D eigenvalue weighted by molar-refractivity contribution is 0.186. The highest BCUT2D eigenvalue weighted by atomic mass is 32.2. The van der Waals surface area contributed by atoms with E-state index in [0.717, 1.165) is 52.2 Å². The van der Waals surface area contributed by atoms with Crippen molar-refractivity contribution < 1.29 is 19.0 Å². The summed E-state index contributed by atoms with van der Waals surface area (Å²) in [7, 11) is 0. The van der Waals surface area contributed by atoms with Gasteiger partial charge in [-0.1, -0.05) is 39.0 Å². The van der Waals surface area contributed by atoms with E-state index in [1.807, 2.05) is 37.3 Å². The van der Waals surface area contributed by atoms with Crippen molar-refractivity contribution in [2.24, 2.45) is 0 Å². The molecule has 0 spiro atoms. The predicted molar refractivity (Wildman–Crippen MR) is 145 cm³/mol. The smallest absolute Gasteiger partial charge is 0.119 e. The van der Waals surface area contributed by atoms with Gasteiger partial charge >= 0.3 is 0 Å². The van der Waals surface area contributed by atoms with Crippen molar-refractivity contribution in [2.45, 2.75) is 58.0 Å². The molecule has 0 saturated heterocycles. The van der Waals surface area contributed by atoms with Gasteiger partial charge in [-0.15, -0.1) is 11.8 Å². The normalized spacial score (nSPS) is 15.0. The average molecular weight is 495 g/mol. The van der Waals surface area contributed by atoms with Crippen molar-refractivity contribution >= 4 is 17.3 Å².